The number of carbonyl (C=O) groups excluding carboxylic acids is 2. The SMILES string of the molecule is CC(C)CCCC(C)C1CCC2C3CC=C4CC(OC(=O)c5ccc(C=NCCNC(=O)N(CCCN=C(N)N)CCCN=C(N)N)cc5)CCC4(C)C3CCC12C. The number of aliphatic imine (C=N–C) groups is 3. The molecule has 0 aromatic heterocycles. The summed E-state index contributed by atoms with van der Waals surface area (Å²) in [6.45, 7) is 15.1. The first-order valence-corrected chi connectivity index (χ1v) is 22.3. The number of nitrogens with one attached hydrogen (secondary N) is 1. The van der Waals surface area contributed by atoms with E-state index in [-0.39, 0.29) is 35.4 Å². The van der Waals surface area contributed by atoms with Crippen molar-refractivity contribution < 1.29 is 14.3 Å². The van der Waals surface area contributed by atoms with Crippen molar-refractivity contribution in [2.45, 2.75) is 124 Å². The Labute approximate surface area is 348 Å². The first kappa shape index (κ1) is 45.0. The lowest BCUT2D eigenvalue weighted by atomic mass is 9.47. The molecule has 0 heterocycles. The van der Waals surface area contributed by atoms with Gasteiger partial charge in [0.1, 0.15) is 6.10 Å². The Kier molecular flexibility index (Phi) is 16.1. The summed E-state index contributed by atoms with van der Waals surface area (Å²) in [5.41, 5.74) is 25.3. The number of rotatable bonds is 19. The number of hydrogen-bond donors (Lipinski definition) is 5. The molecule has 0 aliphatic heterocycles. The van der Waals surface area contributed by atoms with Crippen LogP contribution in [0.2, 0.25) is 0 Å². The van der Waals surface area contributed by atoms with Crippen LogP contribution in [0.15, 0.2) is 50.9 Å². The fraction of sp³-hybridized carbons (Fsp3) is 0.717. The molecule has 3 saturated carbocycles. The minimum absolute atomic E-state index is 0.0266. The van der Waals surface area contributed by atoms with E-state index in [1.54, 1.807) is 16.7 Å². The van der Waals surface area contributed by atoms with Gasteiger partial charge in [0.2, 0.25) is 0 Å². The summed E-state index contributed by atoms with van der Waals surface area (Å²) >= 11 is 0. The van der Waals surface area contributed by atoms with E-state index >= 15 is 0 Å². The Morgan fingerprint density at radius 3 is 2.22 bits per heavy atom. The number of nitrogens with two attached hydrogens (primary N) is 4. The molecule has 4 aliphatic carbocycles. The van der Waals surface area contributed by atoms with Gasteiger partial charge >= 0.3 is 12.0 Å². The van der Waals surface area contributed by atoms with Gasteiger partial charge in [-0.1, -0.05) is 77.7 Å². The molecule has 2 amide bonds. The van der Waals surface area contributed by atoms with Crippen LogP contribution in [0, 0.1) is 46.3 Å². The summed E-state index contributed by atoms with van der Waals surface area (Å²) in [5.74, 6) is 4.68. The van der Waals surface area contributed by atoms with Crippen molar-refractivity contribution in [1.29, 1.82) is 0 Å². The highest BCUT2D eigenvalue weighted by atomic mass is 16.5. The maximum absolute atomic E-state index is 13.3. The Morgan fingerprint density at radius 1 is 0.879 bits per heavy atom. The van der Waals surface area contributed by atoms with Gasteiger partial charge in [-0.25, -0.2) is 9.59 Å². The summed E-state index contributed by atoms with van der Waals surface area (Å²) in [7, 11) is 0. The van der Waals surface area contributed by atoms with Gasteiger partial charge in [0.05, 0.1) is 12.1 Å². The first-order valence-electron chi connectivity index (χ1n) is 22.3. The second kappa shape index (κ2) is 20.7. The molecule has 322 valence electrons. The standard InChI is InChI=1S/C46H75N9O3/c1-31(2)9-6-10-32(3)38-17-18-39-37-16-15-35-29-36(19-21-45(35,4)40(37)20-22-46(38,39)5)58-41(56)34-13-11-33(12-14-34)30-51-25-26-54-44(57)55(27-7-23-52-42(47)48)28-8-24-53-43(49)50/h11-15,30-32,36-40H,6-10,16-29H2,1-5H3,(H,54,57)(H4,47,48,52)(H4,49,50,53). The number of benzene rings is 1. The minimum Gasteiger partial charge on any atom is -0.458 e. The van der Waals surface area contributed by atoms with Gasteiger partial charge in [0.15, 0.2) is 11.9 Å². The molecule has 8 unspecified atom stereocenters. The topological polar surface area (TPSA) is 200 Å². The van der Waals surface area contributed by atoms with Crippen LogP contribution in [0.4, 0.5) is 4.79 Å². The molecule has 12 nitrogen and oxygen atoms in total. The highest BCUT2D eigenvalue weighted by molar-refractivity contribution is 5.91. The number of urea groups is 1. The third-order valence-electron chi connectivity index (χ3n) is 14.5. The first-order chi connectivity index (χ1) is 27.7. The molecule has 9 N–H and O–H groups in total. The molecule has 5 rings (SSSR count). The van der Waals surface area contributed by atoms with Gasteiger partial charge in [-0.3, -0.25) is 15.0 Å². The second-order valence-corrected chi connectivity index (χ2v) is 18.8. The van der Waals surface area contributed by atoms with Crippen molar-refractivity contribution in [3.05, 3.63) is 47.0 Å². The molecule has 0 radical (unpaired) electrons. The lowest BCUT2D eigenvalue weighted by Crippen LogP contribution is -2.51. The Morgan fingerprint density at radius 2 is 1.57 bits per heavy atom. The van der Waals surface area contributed by atoms with Gasteiger partial charge in [-0.15, -0.1) is 0 Å². The molecule has 3 fully saturated rings. The zero-order valence-corrected chi connectivity index (χ0v) is 36.3. The van der Waals surface area contributed by atoms with Gasteiger partial charge in [0.25, 0.3) is 0 Å². The fourth-order valence-electron chi connectivity index (χ4n) is 11.4. The van der Waals surface area contributed by atoms with Crippen molar-refractivity contribution in [3.63, 3.8) is 0 Å². The van der Waals surface area contributed by atoms with E-state index in [1.807, 2.05) is 24.3 Å². The smallest absolute Gasteiger partial charge is 0.338 e. The van der Waals surface area contributed by atoms with Crippen molar-refractivity contribution in [1.82, 2.24) is 10.2 Å². The molecule has 0 spiro atoms. The lowest BCUT2D eigenvalue weighted by Gasteiger charge is -2.58. The zero-order chi connectivity index (χ0) is 41.9. The fourth-order valence-corrected chi connectivity index (χ4v) is 11.4. The van der Waals surface area contributed by atoms with Crippen molar-refractivity contribution in [2.75, 3.05) is 39.3 Å². The highest BCUT2D eigenvalue weighted by Gasteiger charge is 2.59. The van der Waals surface area contributed by atoms with E-state index in [9.17, 15) is 9.59 Å². The van der Waals surface area contributed by atoms with Crippen LogP contribution in [0.1, 0.15) is 134 Å². The van der Waals surface area contributed by atoms with E-state index < -0.39 is 0 Å². The number of carbonyl (C=O) groups is 2. The predicted octanol–water partition coefficient (Wildman–Crippen LogP) is 7.01. The monoisotopic (exact) mass is 802 g/mol. The second-order valence-electron chi connectivity index (χ2n) is 18.8. The maximum atomic E-state index is 13.3. The van der Waals surface area contributed by atoms with Crippen LogP contribution in [0.3, 0.4) is 0 Å². The van der Waals surface area contributed by atoms with E-state index in [2.05, 4.69) is 61.0 Å². The van der Waals surface area contributed by atoms with Crippen molar-refractivity contribution in [3.8, 4) is 0 Å². The number of nitrogens with zero attached hydrogens (tertiary/aromatic N) is 4. The van der Waals surface area contributed by atoms with Crippen LogP contribution in [0.5, 0.6) is 0 Å². The van der Waals surface area contributed by atoms with Gasteiger partial charge in [-0.2, -0.15) is 0 Å². The molecule has 1 aromatic rings. The number of allylic oxidation sites excluding steroid dienone is 1. The van der Waals surface area contributed by atoms with Crippen molar-refractivity contribution >= 4 is 30.1 Å². The molecular weight excluding hydrogens is 727 g/mol. The van der Waals surface area contributed by atoms with Gasteiger partial charge < -0.3 is 37.9 Å². The summed E-state index contributed by atoms with van der Waals surface area (Å²) in [6, 6.07) is 7.18. The van der Waals surface area contributed by atoms with Crippen LogP contribution in [0.25, 0.3) is 0 Å². The normalized spacial score (nSPS) is 28.1. The minimum atomic E-state index is -0.261. The zero-order valence-electron chi connectivity index (χ0n) is 36.3. The number of fused-ring (bicyclic) bond motifs is 5. The molecule has 4 aliphatic rings. The van der Waals surface area contributed by atoms with Crippen LogP contribution in [-0.4, -0.2) is 80.4 Å². The highest BCUT2D eigenvalue weighted by Crippen LogP contribution is 2.67. The summed E-state index contributed by atoms with van der Waals surface area (Å²) in [5, 5.41) is 2.93. The lowest BCUT2D eigenvalue weighted by molar-refractivity contribution is -0.0594. The molecule has 8 atom stereocenters. The third kappa shape index (κ3) is 11.6. The molecule has 0 saturated heterocycles. The number of guanidine groups is 2. The average Bonchev–Trinajstić information content (AvgIpc) is 3.54. The molecule has 58 heavy (non-hydrogen) atoms. The average molecular weight is 802 g/mol. The van der Waals surface area contributed by atoms with Crippen LogP contribution in [-0.2, 0) is 4.74 Å². The van der Waals surface area contributed by atoms with E-state index in [4.69, 9.17) is 27.7 Å². The van der Waals surface area contributed by atoms with E-state index in [0.29, 0.717) is 63.1 Å². The number of hydrogen-bond acceptors (Lipinski definition) is 6. The summed E-state index contributed by atoms with van der Waals surface area (Å²) < 4.78 is 6.16. The maximum Gasteiger partial charge on any atom is 0.338 e. The molecule has 0 bridgehead atoms. The predicted molar refractivity (Wildman–Crippen MR) is 237 cm³/mol. The van der Waals surface area contributed by atoms with Crippen LogP contribution >= 0.6 is 0 Å². The van der Waals surface area contributed by atoms with Crippen LogP contribution < -0.4 is 28.3 Å². The van der Waals surface area contributed by atoms with E-state index in [1.165, 1.54) is 51.4 Å². The Hall–Kier alpha value is -4.09. The molecule has 1 aromatic carbocycles. The van der Waals surface area contributed by atoms with E-state index in [0.717, 1.165) is 60.3 Å². The third-order valence-corrected chi connectivity index (χ3v) is 14.5. The molecular formula is C46H75N9O3. The number of amides is 2. The summed E-state index contributed by atoms with van der Waals surface area (Å²) in [4.78, 5) is 40.4. The quantitative estimate of drug-likeness (QED) is 0.0326. The molecule has 12 heteroatoms. The Balaban J connectivity index is 1.07. The van der Waals surface area contributed by atoms with Gasteiger partial charge in [-0.05, 0) is 122 Å². The Bertz CT molecular complexity index is 1610. The summed E-state index contributed by atoms with van der Waals surface area (Å²) in [6.07, 6.45) is 19.2. The number of ether oxygens (including phenoxy) is 1. The largest absolute Gasteiger partial charge is 0.458 e. The van der Waals surface area contributed by atoms with Crippen molar-refractivity contribution in [2.24, 2.45) is 84.2 Å². The van der Waals surface area contributed by atoms with Gasteiger partial charge in [0, 0.05) is 45.4 Å². The number of esters is 1.